The van der Waals surface area contributed by atoms with Gasteiger partial charge in [0, 0.05) is 18.2 Å². The first-order valence-corrected chi connectivity index (χ1v) is 10.9. The van der Waals surface area contributed by atoms with Gasteiger partial charge in [-0.3, -0.25) is 19.2 Å². The van der Waals surface area contributed by atoms with Crippen molar-refractivity contribution < 1.29 is 28.7 Å². The van der Waals surface area contributed by atoms with Crippen LogP contribution in [0, 0.1) is 0 Å². The molecule has 0 spiro atoms. The SMILES string of the molecule is CC(=O)Nc1ccccc1C(=O)C(=O)Nc1cccc(C(=O)NC[C@@H]2COc3ccccc3O2)c1. The molecule has 1 atom stereocenters. The lowest BCUT2D eigenvalue weighted by Crippen LogP contribution is -2.40. The van der Waals surface area contributed by atoms with Crippen LogP contribution in [0.2, 0.25) is 0 Å². The lowest BCUT2D eigenvalue weighted by molar-refractivity contribution is -0.114. The molecule has 4 rings (SSSR count). The Balaban J connectivity index is 1.36. The molecule has 9 nitrogen and oxygen atoms in total. The molecule has 0 aromatic heterocycles. The molecular weight excluding hydrogens is 450 g/mol. The van der Waals surface area contributed by atoms with Gasteiger partial charge in [0.25, 0.3) is 17.6 Å². The molecule has 1 heterocycles. The average Bonchev–Trinajstić information content (AvgIpc) is 2.87. The van der Waals surface area contributed by atoms with Gasteiger partial charge in [0.1, 0.15) is 12.7 Å². The summed E-state index contributed by atoms with van der Waals surface area (Å²) >= 11 is 0. The number of anilines is 2. The molecular formula is C26H23N3O6. The number of fused-ring (bicyclic) bond motifs is 1. The van der Waals surface area contributed by atoms with E-state index < -0.39 is 11.7 Å². The number of ether oxygens (including phenoxy) is 2. The van der Waals surface area contributed by atoms with Crippen LogP contribution in [0.1, 0.15) is 27.6 Å². The summed E-state index contributed by atoms with van der Waals surface area (Å²) in [5.41, 5.74) is 0.875. The minimum absolute atomic E-state index is 0.0605. The predicted octanol–water partition coefficient (Wildman–Crippen LogP) is 3.04. The molecule has 0 aliphatic carbocycles. The van der Waals surface area contributed by atoms with Crippen LogP contribution in [-0.4, -0.2) is 42.8 Å². The van der Waals surface area contributed by atoms with Crippen LogP contribution >= 0.6 is 0 Å². The summed E-state index contributed by atoms with van der Waals surface area (Å²) in [5.74, 6) is -1.17. The second-order valence-corrected chi connectivity index (χ2v) is 7.80. The molecule has 0 saturated heterocycles. The predicted molar refractivity (Wildman–Crippen MR) is 129 cm³/mol. The van der Waals surface area contributed by atoms with Gasteiger partial charge in [0.2, 0.25) is 5.91 Å². The quantitative estimate of drug-likeness (QED) is 0.358. The van der Waals surface area contributed by atoms with Crippen LogP contribution < -0.4 is 25.4 Å². The number of ketones is 1. The molecule has 1 aliphatic rings. The van der Waals surface area contributed by atoms with Crippen molar-refractivity contribution in [1.29, 1.82) is 0 Å². The van der Waals surface area contributed by atoms with Gasteiger partial charge in [-0.05, 0) is 42.5 Å². The van der Waals surface area contributed by atoms with E-state index in [0.29, 0.717) is 23.7 Å². The summed E-state index contributed by atoms with van der Waals surface area (Å²) in [5, 5.41) is 7.83. The fourth-order valence-electron chi connectivity index (χ4n) is 3.50. The van der Waals surface area contributed by atoms with E-state index in [2.05, 4.69) is 16.0 Å². The Morgan fingerprint density at radius 3 is 2.43 bits per heavy atom. The second kappa shape index (κ2) is 10.5. The summed E-state index contributed by atoms with van der Waals surface area (Å²) in [6, 6.07) is 19.7. The Morgan fingerprint density at radius 2 is 1.63 bits per heavy atom. The zero-order chi connectivity index (χ0) is 24.8. The van der Waals surface area contributed by atoms with Crippen molar-refractivity contribution in [2.75, 3.05) is 23.8 Å². The van der Waals surface area contributed by atoms with Crippen LogP contribution in [0.3, 0.4) is 0 Å². The van der Waals surface area contributed by atoms with E-state index in [9.17, 15) is 19.2 Å². The van der Waals surface area contributed by atoms with Crippen molar-refractivity contribution in [1.82, 2.24) is 5.32 Å². The number of carbonyl (C=O) groups excluding carboxylic acids is 4. The molecule has 3 amide bonds. The van der Waals surface area contributed by atoms with E-state index in [0.717, 1.165) is 0 Å². The van der Waals surface area contributed by atoms with Crippen molar-refractivity contribution in [2.45, 2.75) is 13.0 Å². The normalized spacial score (nSPS) is 13.9. The molecule has 0 bridgehead atoms. The fourth-order valence-corrected chi connectivity index (χ4v) is 3.50. The minimum Gasteiger partial charge on any atom is -0.486 e. The Morgan fingerprint density at radius 1 is 0.886 bits per heavy atom. The van der Waals surface area contributed by atoms with Crippen LogP contribution in [0.4, 0.5) is 11.4 Å². The van der Waals surface area contributed by atoms with Crippen molar-refractivity contribution in [3.63, 3.8) is 0 Å². The first-order chi connectivity index (χ1) is 16.9. The molecule has 0 saturated carbocycles. The lowest BCUT2D eigenvalue weighted by Gasteiger charge is -2.26. The average molecular weight is 473 g/mol. The van der Waals surface area contributed by atoms with Gasteiger partial charge in [-0.2, -0.15) is 0 Å². The van der Waals surface area contributed by atoms with Gasteiger partial charge in [-0.1, -0.05) is 30.3 Å². The van der Waals surface area contributed by atoms with Gasteiger partial charge in [-0.15, -0.1) is 0 Å². The highest BCUT2D eigenvalue weighted by Crippen LogP contribution is 2.30. The second-order valence-electron chi connectivity index (χ2n) is 7.80. The topological polar surface area (TPSA) is 123 Å². The standard InChI is InChI=1S/C26H23N3O6/c1-16(30)28-21-10-3-2-9-20(21)24(31)26(33)29-18-8-6-7-17(13-18)25(32)27-14-19-15-34-22-11-4-5-12-23(22)35-19/h2-13,19H,14-15H2,1H3,(H,27,32)(H,28,30)(H,29,33)/t19-/m1/s1. The number of carbonyl (C=O) groups is 4. The largest absolute Gasteiger partial charge is 0.486 e. The Labute approximate surface area is 201 Å². The molecule has 9 heteroatoms. The third-order valence-corrected chi connectivity index (χ3v) is 5.13. The summed E-state index contributed by atoms with van der Waals surface area (Å²) < 4.78 is 11.5. The molecule has 0 unspecified atom stereocenters. The van der Waals surface area contributed by atoms with Crippen molar-refractivity contribution >= 4 is 34.9 Å². The number of rotatable bonds is 7. The Bertz CT molecular complexity index is 1290. The maximum Gasteiger partial charge on any atom is 0.296 e. The molecule has 35 heavy (non-hydrogen) atoms. The zero-order valence-corrected chi connectivity index (χ0v) is 18.9. The van der Waals surface area contributed by atoms with E-state index in [1.54, 1.807) is 36.4 Å². The van der Waals surface area contributed by atoms with Crippen LogP contribution in [0.15, 0.2) is 72.8 Å². The molecule has 3 aromatic carbocycles. The number of hydrogen-bond acceptors (Lipinski definition) is 6. The van der Waals surface area contributed by atoms with Crippen LogP contribution in [-0.2, 0) is 9.59 Å². The molecule has 0 fully saturated rings. The van der Waals surface area contributed by atoms with Gasteiger partial charge in [0.15, 0.2) is 11.5 Å². The third-order valence-electron chi connectivity index (χ3n) is 5.13. The lowest BCUT2D eigenvalue weighted by atomic mass is 10.1. The van der Waals surface area contributed by atoms with Crippen molar-refractivity contribution in [3.8, 4) is 11.5 Å². The zero-order valence-electron chi connectivity index (χ0n) is 18.9. The molecule has 3 N–H and O–H groups in total. The first kappa shape index (κ1) is 23.5. The number of Topliss-reactive ketones (excluding diaryl/α,β-unsaturated/α-hetero) is 1. The van der Waals surface area contributed by atoms with Crippen LogP contribution in [0.5, 0.6) is 11.5 Å². The number of amides is 3. The van der Waals surface area contributed by atoms with E-state index in [1.807, 2.05) is 18.2 Å². The molecule has 0 radical (unpaired) electrons. The summed E-state index contributed by atoms with van der Waals surface area (Å²) in [4.78, 5) is 49.3. The van der Waals surface area contributed by atoms with Gasteiger partial charge in [0.05, 0.1) is 17.8 Å². The number of nitrogens with one attached hydrogen (secondary N) is 3. The monoisotopic (exact) mass is 473 g/mol. The van der Waals surface area contributed by atoms with Gasteiger partial charge in [-0.25, -0.2) is 0 Å². The van der Waals surface area contributed by atoms with E-state index in [-0.39, 0.29) is 41.4 Å². The summed E-state index contributed by atoms with van der Waals surface area (Å²) in [6.07, 6.45) is -0.349. The van der Waals surface area contributed by atoms with Gasteiger partial charge < -0.3 is 25.4 Å². The molecule has 3 aromatic rings. The summed E-state index contributed by atoms with van der Waals surface area (Å²) in [6.45, 7) is 1.84. The van der Waals surface area contributed by atoms with E-state index >= 15 is 0 Å². The maximum absolute atomic E-state index is 12.7. The van der Waals surface area contributed by atoms with E-state index in [4.69, 9.17) is 9.47 Å². The number of benzene rings is 3. The fraction of sp³-hybridized carbons (Fsp3) is 0.154. The smallest absolute Gasteiger partial charge is 0.296 e. The maximum atomic E-state index is 12.7. The van der Waals surface area contributed by atoms with Crippen molar-refractivity contribution in [3.05, 3.63) is 83.9 Å². The molecule has 178 valence electrons. The first-order valence-electron chi connectivity index (χ1n) is 10.9. The minimum atomic E-state index is -0.897. The van der Waals surface area contributed by atoms with Crippen LogP contribution in [0.25, 0.3) is 0 Å². The highest BCUT2D eigenvalue weighted by atomic mass is 16.6. The van der Waals surface area contributed by atoms with Gasteiger partial charge >= 0.3 is 0 Å². The summed E-state index contributed by atoms with van der Waals surface area (Å²) in [7, 11) is 0. The molecule has 1 aliphatic heterocycles. The highest BCUT2D eigenvalue weighted by molar-refractivity contribution is 6.47. The number of para-hydroxylation sites is 3. The number of hydrogen-bond donors (Lipinski definition) is 3. The Kier molecular flexibility index (Phi) is 7.06. The third kappa shape index (κ3) is 5.83. The van der Waals surface area contributed by atoms with E-state index in [1.165, 1.54) is 25.1 Å². The highest BCUT2D eigenvalue weighted by Gasteiger charge is 2.22. The Hall–Kier alpha value is -4.66. The van der Waals surface area contributed by atoms with Crippen molar-refractivity contribution in [2.24, 2.45) is 0 Å².